The Morgan fingerprint density at radius 1 is 1.41 bits per heavy atom. The molecule has 2 N–H and O–H groups in total. The van der Waals surface area contributed by atoms with Crippen LogP contribution in [0.5, 0.6) is 0 Å². The maximum Gasteiger partial charge on any atom is 0.228 e. The van der Waals surface area contributed by atoms with E-state index in [-0.39, 0.29) is 11.9 Å². The highest BCUT2D eigenvalue weighted by molar-refractivity contribution is 7.73. The predicted octanol–water partition coefficient (Wildman–Crippen LogP) is 3.36. The fourth-order valence-corrected chi connectivity index (χ4v) is 4.54. The molecule has 0 spiro atoms. The van der Waals surface area contributed by atoms with Gasteiger partial charge in [-0.25, -0.2) is 0 Å². The number of aromatic amines is 2. The van der Waals surface area contributed by atoms with Crippen LogP contribution < -0.4 is 0 Å². The maximum absolute atomic E-state index is 12.8. The third-order valence-electron chi connectivity index (χ3n) is 4.33. The molecule has 1 atom stereocenters. The molecule has 0 bridgehead atoms. The Labute approximate surface area is 138 Å². The molecule has 0 saturated carbocycles. The molecule has 2 aromatic heterocycles. The smallest absolute Gasteiger partial charge is 0.228 e. The van der Waals surface area contributed by atoms with E-state index in [4.69, 9.17) is 12.2 Å². The highest BCUT2D eigenvalue weighted by Gasteiger charge is 2.33. The summed E-state index contributed by atoms with van der Waals surface area (Å²) in [7, 11) is 0. The van der Waals surface area contributed by atoms with Crippen LogP contribution in [0.15, 0.2) is 0 Å². The average molecular weight is 336 g/mol. The van der Waals surface area contributed by atoms with Gasteiger partial charge < -0.3 is 9.88 Å². The number of carbonyl (C=O) groups excluding carboxylic acids is 1. The van der Waals surface area contributed by atoms with Crippen molar-refractivity contribution < 1.29 is 4.79 Å². The van der Waals surface area contributed by atoms with Gasteiger partial charge in [0.1, 0.15) is 0 Å². The number of aromatic nitrogens is 3. The van der Waals surface area contributed by atoms with Crippen LogP contribution in [0.25, 0.3) is 0 Å². The van der Waals surface area contributed by atoms with Gasteiger partial charge in [-0.05, 0) is 45.8 Å². The topological polar surface area (TPSA) is 64.8 Å². The second kappa shape index (κ2) is 5.96. The van der Waals surface area contributed by atoms with Crippen molar-refractivity contribution in [3.63, 3.8) is 0 Å². The van der Waals surface area contributed by atoms with Crippen molar-refractivity contribution in [2.75, 3.05) is 6.54 Å². The number of aryl methyl sites for hydroxylation is 3. The van der Waals surface area contributed by atoms with Crippen LogP contribution in [0.4, 0.5) is 0 Å². The van der Waals surface area contributed by atoms with Gasteiger partial charge in [0.2, 0.25) is 5.91 Å². The highest BCUT2D eigenvalue weighted by atomic mass is 32.1. The van der Waals surface area contributed by atoms with E-state index in [9.17, 15) is 4.79 Å². The molecule has 22 heavy (non-hydrogen) atoms. The number of H-pyrrole nitrogens is 2. The summed E-state index contributed by atoms with van der Waals surface area (Å²) in [5.41, 5.74) is 4.26. The van der Waals surface area contributed by atoms with E-state index < -0.39 is 0 Å². The van der Waals surface area contributed by atoms with Gasteiger partial charge in [0, 0.05) is 28.4 Å². The molecule has 1 saturated heterocycles. The molecule has 0 aliphatic carbocycles. The first-order valence-corrected chi connectivity index (χ1v) is 8.69. The van der Waals surface area contributed by atoms with Crippen molar-refractivity contribution in [1.29, 1.82) is 0 Å². The zero-order valence-corrected chi connectivity index (χ0v) is 14.7. The summed E-state index contributed by atoms with van der Waals surface area (Å²) >= 11 is 6.66. The van der Waals surface area contributed by atoms with E-state index >= 15 is 0 Å². The van der Waals surface area contributed by atoms with Gasteiger partial charge in [-0.1, -0.05) is 0 Å². The predicted molar refractivity (Wildman–Crippen MR) is 89.7 cm³/mol. The van der Waals surface area contributed by atoms with E-state index in [1.165, 1.54) is 16.9 Å². The lowest BCUT2D eigenvalue weighted by Crippen LogP contribution is -2.32. The number of amides is 1. The van der Waals surface area contributed by atoms with Gasteiger partial charge in [-0.15, -0.1) is 11.3 Å². The minimum absolute atomic E-state index is 0.151. The molecule has 0 aromatic carbocycles. The third-order valence-corrected chi connectivity index (χ3v) is 5.66. The molecule has 7 heteroatoms. The van der Waals surface area contributed by atoms with Crippen LogP contribution in [0.3, 0.4) is 0 Å². The second-order valence-corrected chi connectivity index (χ2v) is 7.60. The quantitative estimate of drug-likeness (QED) is 0.845. The standard InChI is InChI=1S/C15H20N4OS2/c1-8-12(22-15(21)16-8)7-13(20)19-6-4-5-11(19)14-9(2)17-18-10(14)3/h11H,4-7H2,1-3H3,(H,16,21)(H,17,18)/t11-/m1/s1. The number of hydrogen-bond acceptors (Lipinski definition) is 4. The molecular formula is C15H20N4OS2. The first kappa shape index (κ1) is 15.4. The number of nitrogens with zero attached hydrogens (tertiary/aromatic N) is 2. The van der Waals surface area contributed by atoms with Gasteiger partial charge in [-0.3, -0.25) is 9.89 Å². The number of rotatable bonds is 3. The first-order valence-electron chi connectivity index (χ1n) is 7.47. The fraction of sp³-hybridized carbons (Fsp3) is 0.533. The van der Waals surface area contributed by atoms with Crippen LogP contribution in [-0.4, -0.2) is 32.5 Å². The Morgan fingerprint density at radius 3 is 2.77 bits per heavy atom. The van der Waals surface area contributed by atoms with Crippen LogP contribution in [0, 0.1) is 24.7 Å². The van der Waals surface area contributed by atoms with Crippen LogP contribution in [-0.2, 0) is 11.2 Å². The number of likely N-dealkylation sites (tertiary alicyclic amines) is 1. The lowest BCUT2D eigenvalue weighted by molar-refractivity contribution is -0.131. The largest absolute Gasteiger partial charge is 0.341 e. The number of hydrogen-bond donors (Lipinski definition) is 2. The Hall–Kier alpha value is -1.47. The average Bonchev–Trinajstić information content (AvgIpc) is 3.11. The lowest BCUT2D eigenvalue weighted by atomic mass is 10.0. The summed E-state index contributed by atoms with van der Waals surface area (Å²) in [6.07, 6.45) is 2.48. The van der Waals surface area contributed by atoms with Gasteiger partial charge >= 0.3 is 0 Å². The summed E-state index contributed by atoms with van der Waals surface area (Å²) in [5.74, 6) is 0.177. The Kier molecular flexibility index (Phi) is 4.18. The minimum Gasteiger partial charge on any atom is -0.341 e. The van der Waals surface area contributed by atoms with E-state index in [1.807, 2.05) is 25.7 Å². The van der Waals surface area contributed by atoms with Crippen molar-refractivity contribution >= 4 is 29.5 Å². The molecular weight excluding hydrogens is 316 g/mol. The normalized spacial score (nSPS) is 18.1. The minimum atomic E-state index is 0.151. The zero-order chi connectivity index (χ0) is 15.9. The summed E-state index contributed by atoms with van der Waals surface area (Å²) in [4.78, 5) is 18.9. The van der Waals surface area contributed by atoms with Gasteiger partial charge in [0.25, 0.3) is 0 Å². The van der Waals surface area contributed by atoms with Gasteiger partial charge in [-0.2, -0.15) is 5.10 Å². The van der Waals surface area contributed by atoms with Crippen molar-refractivity contribution in [3.8, 4) is 0 Å². The number of nitrogens with one attached hydrogen (secondary N) is 2. The number of carbonyl (C=O) groups is 1. The number of thiazole rings is 1. The molecule has 1 amide bonds. The fourth-order valence-electron chi connectivity index (χ4n) is 3.26. The van der Waals surface area contributed by atoms with E-state index in [0.29, 0.717) is 6.42 Å². The maximum atomic E-state index is 12.8. The molecule has 1 aliphatic rings. The van der Waals surface area contributed by atoms with Crippen molar-refractivity contribution in [3.05, 3.63) is 31.5 Å². The highest BCUT2D eigenvalue weighted by Crippen LogP contribution is 2.35. The summed E-state index contributed by atoms with van der Waals surface area (Å²) in [6, 6.07) is 0.151. The molecule has 118 valence electrons. The molecule has 3 rings (SSSR count). The Balaban J connectivity index is 1.82. The molecule has 3 heterocycles. The monoisotopic (exact) mass is 336 g/mol. The van der Waals surface area contributed by atoms with Crippen LogP contribution in [0.2, 0.25) is 0 Å². The van der Waals surface area contributed by atoms with Crippen molar-refractivity contribution in [1.82, 2.24) is 20.1 Å². The van der Waals surface area contributed by atoms with E-state index in [0.717, 1.165) is 45.3 Å². The Bertz CT molecular complexity index is 738. The molecule has 0 unspecified atom stereocenters. The zero-order valence-electron chi connectivity index (χ0n) is 13.0. The van der Waals surface area contributed by atoms with E-state index in [2.05, 4.69) is 15.2 Å². The molecule has 2 aromatic rings. The van der Waals surface area contributed by atoms with Crippen molar-refractivity contribution in [2.45, 2.75) is 46.1 Å². The molecule has 0 radical (unpaired) electrons. The lowest BCUT2D eigenvalue weighted by Gasteiger charge is -2.25. The van der Waals surface area contributed by atoms with Gasteiger partial charge in [0.05, 0.1) is 18.2 Å². The van der Waals surface area contributed by atoms with Crippen LogP contribution in [0.1, 0.15) is 46.4 Å². The summed E-state index contributed by atoms with van der Waals surface area (Å²) in [6.45, 7) is 6.82. The Morgan fingerprint density at radius 2 is 2.18 bits per heavy atom. The van der Waals surface area contributed by atoms with Gasteiger partial charge in [0.15, 0.2) is 3.95 Å². The third kappa shape index (κ3) is 2.75. The molecule has 1 fully saturated rings. The SMILES string of the molecule is Cc1n[nH]c(C)c1[C@H]1CCCN1C(=O)Cc1sc(=S)[nH]c1C. The van der Waals surface area contributed by atoms with E-state index in [1.54, 1.807) is 0 Å². The summed E-state index contributed by atoms with van der Waals surface area (Å²) in [5, 5.41) is 7.31. The molecule has 5 nitrogen and oxygen atoms in total. The van der Waals surface area contributed by atoms with Crippen molar-refractivity contribution in [2.24, 2.45) is 0 Å². The second-order valence-electron chi connectivity index (χ2n) is 5.83. The first-order chi connectivity index (χ1) is 10.5. The van der Waals surface area contributed by atoms with Crippen LogP contribution >= 0.6 is 23.6 Å². The summed E-state index contributed by atoms with van der Waals surface area (Å²) < 4.78 is 0.736. The molecule has 1 aliphatic heterocycles.